The molecule has 2 amide bonds. The standard InChI is InChI=1S/C14H22N2O2/c1-9(2)7-8-16-11(10-5-6-10)12(17)15-14(3,4)13(16)18/h7,10-11H,5-6,8H2,1-4H3,(H,15,17). The lowest BCUT2D eigenvalue weighted by Gasteiger charge is -2.42. The summed E-state index contributed by atoms with van der Waals surface area (Å²) >= 11 is 0. The van der Waals surface area contributed by atoms with E-state index in [1.165, 1.54) is 5.57 Å². The average Bonchev–Trinajstić information content (AvgIpc) is 3.04. The fourth-order valence-corrected chi connectivity index (χ4v) is 2.42. The molecule has 100 valence electrons. The quantitative estimate of drug-likeness (QED) is 0.771. The van der Waals surface area contributed by atoms with Gasteiger partial charge >= 0.3 is 0 Å². The third-order valence-electron chi connectivity index (χ3n) is 3.60. The van der Waals surface area contributed by atoms with Crippen molar-refractivity contribution in [2.75, 3.05) is 6.54 Å². The lowest BCUT2D eigenvalue weighted by molar-refractivity contribution is -0.153. The van der Waals surface area contributed by atoms with Gasteiger partial charge in [0.05, 0.1) is 0 Å². The molecule has 0 spiro atoms. The van der Waals surface area contributed by atoms with Crippen LogP contribution in [0.2, 0.25) is 0 Å². The maximum Gasteiger partial charge on any atom is 0.248 e. The molecule has 2 fully saturated rings. The van der Waals surface area contributed by atoms with E-state index in [0.29, 0.717) is 12.5 Å². The van der Waals surface area contributed by atoms with Gasteiger partial charge in [0.1, 0.15) is 11.6 Å². The number of nitrogens with one attached hydrogen (secondary N) is 1. The third kappa shape index (κ3) is 2.42. The van der Waals surface area contributed by atoms with Gasteiger partial charge in [0, 0.05) is 6.54 Å². The molecule has 4 nitrogen and oxygen atoms in total. The minimum absolute atomic E-state index is 0.00394. The molecule has 0 radical (unpaired) electrons. The Morgan fingerprint density at radius 3 is 2.50 bits per heavy atom. The molecule has 1 aliphatic carbocycles. The minimum atomic E-state index is -0.780. The molecule has 1 N–H and O–H groups in total. The summed E-state index contributed by atoms with van der Waals surface area (Å²) in [6.07, 6.45) is 4.12. The van der Waals surface area contributed by atoms with E-state index in [-0.39, 0.29) is 17.9 Å². The van der Waals surface area contributed by atoms with Crippen LogP contribution in [0.15, 0.2) is 11.6 Å². The van der Waals surface area contributed by atoms with Crippen LogP contribution in [0.25, 0.3) is 0 Å². The Bertz CT molecular complexity index is 404. The predicted molar refractivity (Wildman–Crippen MR) is 69.9 cm³/mol. The van der Waals surface area contributed by atoms with Crippen LogP contribution in [0.4, 0.5) is 0 Å². The van der Waals surface area contributed by atoms with Crippen molar-refractivity contribution in [1.29, 1.82) is 0 Å². The fourth-order valence-electron chi connectivity index (χ4n) is 2.42. The van der Waals surface area contributed by atoms with E-state index in [0.717, 1.165) is 12.8 Å². The SMILES string of the molecule is CC(C)=CCN1C(=O)C(C)(C)NC(=O)C1C1CC1. The van der Waals surface area contributed by atoms with E-state index in [1.54, 1.807) is 18.7 Å². The molecule has 0 bridgehead atoms. The summed E-state index contributed by atoms with van der Waals surface area (Å²) in [4.78, 5) is 26.3. The van der Waals surface area contributed by atoms with Crippen LogP contribution < -0.4 is 5.32 Å². The first kappa shape index (κ1) is 13.1. The van der Waals surface area contributed by atoms with E-state index in [1.807, 2.05) is 19.9 Å². The number of carbonyl (C=O) groups excluding carboxylic acids is 2. The zero-order valence-corrected chi connectivity index (χ0v) is 11.6. The Morgan fingerprint density at radius 1 is 1.39 bits per heavy atom. The summed E-state index contributed by atoms with van der Waals surface area (Å²) in [5.74, 6) is 0.386. The second-order valence-corrected chi connectivity index (χ2v) is 6.14. The molecule has 0 aromatic carbocycles. The third-order valence-corrected chi connectivity index (χ3v) is 3.60. The summed E-state index contributed by atoms with van der Waals surface area (Å²) in [7, 11) is 0. The monoisotopic (exact) mass is 250 g/mol. The fraction of sp³-hybridized carbons (Fsp3) is 0.714. The van der Waals surface area contributed by atoms with Gasteiger partial charge in [0.15, 0.2) is 0 Å². The zero-order valence-electron chi connectivity index (χ0n) is 11.6. The first-order valence-corrected chi connectivity index (χ1v) is 6.59. The Balaban J connectivity index is 2.24. The molecule has 2 aliphatic rings. The Morgan fingerprint density at radius 2 is 2.00 bits per heavy atom. The summed E-state index contributed by atoms with van der Waals surface area (Å²) in [5.41, 5.74) is 0.388. The molecule has 4 heteroatoms. The normalized spacial score (nSPS) is 26.9. The van der Waals surface area contributed by atoms with Gasteiger partial charge in [-0.3, -0.25) is 9.59 Å². The molecular formula is C14H22N2O2. The number of allylic oxidation sites excluding steroid dienone is 1. The highest BCUT2D eigenvalue weighted by atomic mass is 16.2. The molecule has 18 heavy (non-hydrogen) atoms. The molecule has 1 atom stereocenters. The van der Waals surface area contributed by atoms with Gasteiger partial charge in [-0.05, 0) is 46.5 Å². The molecule has 2 rings (SSSR count). The second-order valence-electron chi connectivity index (χ2n) is 6.14. The topological polar surface area (TPSA) is 49.4 Å². The molecule has 1 heterocycles. The number of nitrogens with zero attached hydrogens (tertiary/aromatic N) is 1. The summed E-state index contributed by atoms with van der Waals surface area (Å²) in [5, 5.41) is 2.84. The maximum absolute atomic E-state index is 12.4. The van der Waals surface area contributed by atoms with E-state index >= 15 is 0 Å². The minimum Gasteiger partial charge on any atom is -0.340 e. The van der Waals surface area contributed by atoms with Gasteiger partial charge < -0.3 is 10.2 Å². The number of piperazine rings is 1. The zero-order chi connectivity index (χ0) is 13.5. The van der Waals surface area contributed by atoms with Gasteiger partial charge in [-0.1, -0.05) is 11.6 Å². The summed E-state index contributed by atoms with van der Waals surface area (Å²) < 4.78 is 0. The number of hydrogen-bond acceptors (Lipinski definition) is 2. The van der Waals surface area contributed by atoms with E-state index in [4.69, 9.17) is 0 Å². The summed E-state index contributed by atoms with van der Waals surface area (Å²) in [6.45, 7) is 8.09. The van der Waals surface area contributed by atoms with Crippen molar-refractivity contribution in [3.05, 3.63) is 11.6 Å². The number of carbonyl (C=O) groups is 2. The lowest BCUT2D eigenvalue weighted by atomic mass is 9.94. The van der Waals surface area contributed by atoms with Crippen molar-refractivity contribution in [2.24, 2.45) is 5.92 Å². The average molecular weight is 250 g/mol. The van der Waals surface area contributed by atoms with E-state index in [2.05, 4.69) is 5.32 Å². The molecule has 1 saturated carbocycles. The van der Waals surface area contributed by atoms with Crippen LogP contribution in [0, 0.1) is 5.92 Å². The van der Waals surface area contributed by atoms with Crippen LogP contribution in [-0.4, -0.2) is 34.8 Å². The number of hydrogen-bond donors (Lipinski definition) is 1. The first-order chi connectivity index (χ1) is 8.33. The van der Waals surface area contributed by atoms with Crippen LogP contribution in [0.5, 0.6) is 0 Å². The second kappa shape index (κ2) is 4.41. The van der Waals surface area contributed by atoms with Crippen molar-refractivity contribution in [3.8, 4) is 0 Å². The predicted octanol–water partition coefficient (Wildman–Crippen LogP) is 1.47. The van der Waals surface area contributed by atoms with E-state index < -0.39 is 5.54 Å². The molecule has 0 aromatic heterocycles. The highest BCUT2D eigenvalue weighted by Crippen LogP contribution is 2.38. The van der Waals surface area contributed by atoms with Gasteiger partial charge in [-0.2, -0.15) is 0 Å². The van der Waals surface area contributed by atoms with Crippen molar-refractivity contribution >= 4 is 11.8 Å². The maximum atomic E-state index is 12.4. The number of amides is 2. The number of rotatable bonds is 3. The van der Waals surface area contributed by atoms with Crippen molar-refractivity contribution < 1.29 is 9.59 Å². The Hall–Kier alpha value is -1.32. The Kier molecular flexibility index (Phi) is 3.21. The van der Waals surface area contributed by atoms with Crippen LogP contribution in [0.1, 0.15) is 40.5 Å². The van der Waals surface area contributed by atoms with Gasteiger partial charge in [0.25, 0.3) is 0 Å². The largest absolute Gasteiger partial charge is 0.340 e. The Labute approximate surface area is 108 Å². The van der Waals surface area contributed by atoms with Gasteiger partial charge in [0.2, 0.25) is 11.8 Å². The smallest absolute Gasteiger partial charge is 0.248 e. The van der Waals surface area contributed by atoms with Crippen LogP contribution >= 0.6 is 0 Å². The van der Waals surface area contributed by atoms with Crippen molar-refractivity contribution in [3.63, 3.8) is 0 Å². The molecular weight excluding hydrogens is 228 g/mol. The van der Waals surface area contributed by atoms with Crippen LogP contribution in [0.3, 0.4) is 0 Å². The van der Waals surface area contributed by atoms with E-state index in [9.17, 15) is 9.59 Å². The van der Waals surface area contributed by atoms with Crippen LogP contribution in [-0.2, 0) is 9.59 Å². The highest BCUT2D eigenvalue weighted by Gasteiger charge is 2.50. The first-order valence-electron chi connectivity index (χ1n) is 6.59. The highest BCUT2D eigenvalue weighted by molar-refractivity contribution is 5.99. The molecule has 1 unspecified atom stereocenters. The molecule has 1 aliphatic heterocycles. The summed E-state index contributed by atoms with van der Waals surface area (Å²) in [6, 6.07) is -0.263. The molecule has 0 aromatic rings. The van der Waals surface area contributed by atoms with Gasteiger partial charge in [-0.15, -0.1) is 0 Å². The van der Waals surface area contributed by atoms with Crippen molar-refractivity contribution in [2.45, 2.75) is 52.1 Å². The van der Waals surface area contributed by atoms with Crippen molar-refractivity contribution in [1.82, 2.24) is 10.2 Å². The van der Waals surface area contributed by atoms with Gasteiger partial charge in [-0.25, -0.2) is 0 Å². The molecule has 1 saturated heterocycles. The lowest BCUT2D eigenvalue weighted by Crippen LogP contribution is -2.68.